The van der Waals surface area contributed by atoms with Crippen LogP contribution >= 0.6 is 0 Å². The van der Waals surface area contributed by atoms with E-state index in [-0.39, 0.29) is 29.4 Å². The van der Waals surface area contributed by atoms with E-state index in [0.717, 1.165) is 12.8 Å². The molecule has 0 aliphatic carbocycles. The summed E-state index contributed by atoms with van der Waals surface area (Å²) in [5.74, 6) is -0.0149. The molecule has 14 heavy (non-hydrogen) atoms. The van der Waals surface area contributed by atoms with Gasteiger partial charge >= 0.3 is 0 Å². The molecule has 82 valence electrons. The number of ketones is 1. The Bertz CT molecular complexity index is 217. The van der Waals surface area contributed by atoms with E-state index >= 15 is 0 Å². The first-order valence-electron chi connectivity index (χ1n) is 5.19. The Morgan fingerprint density at radius 3 is 2.07 bits per heavy atom. The van der Waals surface area contributed by atoms with Gasteiger partial charge in [0.15, 0.2) is 5.78 Å². The van der Waals surface area contributed by atoms with Crippen molar-refractivity contribution in [2.45, 2.75) is 51.6 Å². The van der Waals surface area contributed by atoms with Crippen LogP contribution in [0, 0.1) is 5.92 Å². The number of rotatable bonds is 2. The number of piperidine rings is 1. The summed E-state index contributed by atoms with van der Waals surface area (Å²) in [6.45, 7) is 8.09. The number of nitrogens with one attached hydrogen (secondary N) is 1. The van der Waals surface area contributed by atoms with Crippen LogP contribution in [0.5, 0.6) is 0 Å². The Hall–Kier alpha value is -0.410. The highest BCUT2D eigenvalue weighted by Crippen LogP contribution is 2.33. The summed E-state index contributed by atoms with van der Waals surface area (Å²) in [5, 5.41) is 12.4. The van der Waals surface area contributed by atoms with Crippen LogP contribution < -0.4 is 5.32 Å². The lowest BCUT2D eigenvalue weighted by molar-refractivity contribution is -0.128. The van der Waals surface area contributed by atoms with E-state index < -0.39 is 0 Å². The van der Waals surface area contributed by atoms with Crippen molar-refractivity contribution in [2.24, 2.45) is 5.92 Å². The molecule has 1 heterocycles. The lowest BCUT2D eigenvalue weighted by Gasteiger charge is -2.45. The molecular formula is C11H21NO2. The molecule has 1 fully saturated rings. The Labute approximate surface area is 85.9 Å². The molecule has 0 aromatic rings. The highest BCUT2D eigenvalue weighted by molar-refractivity contribution is 5.82. The predicted octanol–water partition coefficient (Wildman–Crippen LogP) is 1.10. The fourth-order valence-corrected chi connectivity index (χ4v) is 2.68. The number of carbonyl (C=O) groups excluding carboxylic acids is 1. The Kier molecular flexibility index (Phi) is 3.02. The van der Waals surface area contributed by atoms with Gasteiger partial charge in [0.2, 0.25) is 0 Å². The second kappa shape index (κ2) is 3.63. The van der Waals surface area contributed by atoms with Crippen molar-refractivity contribution in [3.05, 3.63) is 0 Å². The molecule has 0 unspecified atom stereocenters. The molecule has 2 N–H and O–H groups in total. The van der Waals surface area contributed by atoms with Gasteiger partial charge in [-0.2, -0.15) is 0 Å². The molecule has 1 rings (SSSR count). The van der Waals surface area contributed by atoms with Crippen LogP contribution in [-0.2, 0) is 4.79 Å². The zero-order valence-electron chi connectivity index (χ0n) is 9.55. The molecule has 0 aromatic heterocycles. The molecular weight excluding hydrogens is 178 g/mol. The van der Waals surface area contributed by atoms with Crippen LogP contribution in [0.2, 0.25) is 0 Å². The van der Waals surface area contributed by atoms with Gasteiger partial charge in [-0.1, -0.05) is 0 Å². The fourth-order valence-electron chi connectivity index (χ4n) is 2.68. The van der Waals surface area contributed by atoms with Gasteiger partial charge in [-0.25, -0.2) is 0 Å². The van der Waals surface area contributed by atoms with Gasteiger partial charge in [-0.15, -0.1) is 0 Å². The minimum Gasteiger partial charge on any atom is -0.389 e. The average Bonchev–Trinajstić information content (AvgIpc) is 1.97. The van der Waals surface area contributed by atoms with E-state index in [0.29, 0.717) is 0 Å². The van der Waals surface area contributed by atoms with Crippen LogP contribution in [0.25, 0.3) is 0 Å². The number of Topliss-reactive ketones (excluding diaryl/α,β-unsaturated/α-hetero) is 1. The Morgan fingerprint density at radius 2 is 1.71 bits per heavy atom. The second-order valence-corrected chi connectivity index (χ2v) is 5.62. The van der Waals surface area contributed by atoms with Gasteiger partial charge in [0.25, 0.3) is 0 Å². The third-order valence-electron chi connectivity index (χ3n) is 2.80. The van der Waals surface area contributed by atoms with Crippen molar-refractivity contribution in [2.75, 3.05) is 6.61 Å². The van der Waals surface area contributed by atoms with Crippen molar-refractivity contribution in [1.82, 2.24) is 5.32 Å². The third kappa shape index (κ3) is 2.79. The fraction of sp³-hybridized carbons (Fsp3) is 0.909. The Morgan fingerprint density at radius 1 is 1.29 bits per heavy atom. The van der Waals surface area contributed by atoms with E-state index in [1.54, 1.807) is 0 Å². The first-order valence-corrected chi connectivity index (χ1v) is 5.19. The molecule has 0 spiro atoms. The molecule has 3 heteroatoms. The van der Waals surface area contributed by atoms with E-state index in [1.807, 2.05) is 0 Å². The topological polar surface area (TPSA) is 49.3 Å². The molecule has 1 saturated heterocycles. The maximum atomic E-state index is 11.5. The minimum atomic E-state index is -0.323. The summed E-state index contributed by atoms with van der Waals surface area (Å²) in [5.41, 5.74) is -0.0332. The monoisotopic (exact) mass is 199 g/mol. The summed E-state index contributed by atoms with van der Waals surface area (Å²) in [6.07, 6.45) is 1.63. The zero-order valence-corrected chi connectivity index (χ0v) is 9.55. The highest BCUT2D eigenvalue weighted by atomic mass is 16.3. The Balaban J connectivity index is 2.76. The van der Waals surface area contributed by atoms with Gasteiger partial charge < -0.3 is 10.4 Å². The number of carbonyl (C=O) groups is 1. The lowest BCUT2D eigenvalue weighted by atomic mass is 9.74. The predicted molar refractivity (Wildman–Crippen MR) is 56.1 cm³/mol. The summed E-state index contributed by atoms with van der Waals surface area (Å²) in [4.78, 5) is 11.5. The average molecular weight is 199 g/mol. The van der Waals surface area contributed by atoms with Gasteiger partial charge in [0.1, 0.15) is 6.61 Å². The normalized spacial score (nSPS) is 26.1. The van der Waals surface area contributed by atoms with Gasteiger partial charge in [0.05, 0.1) is 0 Å². The summed E-state index contributed by atoms with van der Waals surface area (Å²) < 4.78 is 0. The minimum absolute atomic E-state index is 0.00579. The van der Waals surface area contributed by atoms with Crippen LogP contribution in [0.4, 0.5) is 0 Å². The molecule has 0 amide bonds. The van der Waals surface area contributed by atoms with Gasteiger partial charge in [-0.3, -0.25) is 4.79 Å². The number of hydrogen-bond acceptors (Lipinski definition) is 3. The zero-order chi connectivity index (χ0) is 11.0. The molecule has 1 aliphatic rings. The SMILES string of the molecule is CC1(C)CC(C(=O)CO)CC(C)(C)N1. The molecule has 0 aromatic carbocycles. The number of aliphatic hydroxyl groups excluding tert-OH is 1. The molecule has 3 nitrogen and oxygen atoms in total. The van der Waals surface area contributed by atoms with Crippen molar-refractivity contribution < 1.29 is 9.90 Å². The van der Waals surface area contributed by atoms with Crippen molar-refractivity contribution in [1.29, 1.82) is 0 Å². The smallest absolute Gasteiger partial charge is 0.161 e. The maximum absolute atomic E-state index is 11.5. The van der Waals surface area contributed by atoms with Gasteiger partial charge in [-0.05, 0) is 40.5 Å². The largest absolute Gasteiger partial charge is 0.389 e. The summed E-state index contributed by atoms with van der Waals surface area (Å²) in [7, 11) is 0. The van der Waals surface area contributed by atoms with E-state index in [9.17, 15) is 4.79 Å². The third-order valence-corrected chi connectivity index (χ3v) is 2.80. The van der Waals surface area contributed by atoms with Gasteiger partial charge in [0, 0.05) is 17.0 Å². The van der Waals surface area contributed by atoms with Crippen molar-refractivity contribution in [3.63, 3.8) is 0 Å². The van der Waals surface area contributed by atoms with Crippen LogP contribution in [0.3, 0.4) is 0 Å². The first-order chi connectivity index (χ1) is 6.26. The van der Waals surface area contributed by atoms with E-state index in [4.69, 9.17) is 5.11 Å². The second-order valence-electron chi connectivity index (χ2n) is 5.62. The number of aliphatic hydroxyl groups is 1. The number of hydrogen-bond donors (Lipinski definition) is 2. The molecule has 0 bridgehead atoms. The molecule has 0 saturated carbocycles. The first kappa shape index (κ1) is 11.7. The van der Waals surface area contributed by atoms with Crippen LogP contribution in [-0.4, -0.2) is 28.6 Å². The van der Waals surface area contributed by atoms with Crippen molar-refractivity contribution in [3.8, 4) is 0 Å². The summed E-state index contributed by atoms with van der Waals surface area (Å²) in [6, 6.07) is 0. The molecule has 1 aliphatic heterocycles. The molecule has 0 radical (unpaired) electrons. The van der Waals surface area contributed by atoms with E-state index in [1.165, 1.54) is 0 Å². The quantitative estimate of drug-likeness (QED) is 0.700. The van der Waals surface area contributed by atoms with Crippen LogP contribution in [0.1, 0.15) is 40.5 Å². The maximum Gasteiger partial charge on any atom is 0.161 e. The summed E-state index contributed by atoms with van der Waals surface area (Å²) >= 11 is 0. The van der Waals surface area contributed by atoms with Crippen LogP contribution in [0.15, 0.2) is 0 Å². The standard InChI is InChI=1S/C11H21NO2/c1-10(2)5-8(9(14)7-13)6-11(3,4)12-10/h8,12-13H,5-7H2,1-4H3. The van der Waals surface area contributed by atoms with Crippen molar-refractivity contribution >= 4 is 5.78 Å². The molecule has 0 atom stereocenters. The lowest BCUT2D eigenvalue weighted by Crippen LogP contribution is -2.59. The highest BCUT2D eigenvalue weighted by Gasteiger charge is 2.39. The van der Waals surface area contributed by atoms with E-state index in [2.05, 4.69) is 33.0 Å².